The Morgan fingerprint density at radius 3 is 1.90 bits per heavy atom. The van der Waals surface area contributed by atoms with Gasteiger partial charge in [-0.05, 0) is 114 Å². The molecule has 0 radical (unpaired) electrons. The number of carbonyl (C=O) groups is 2. The van der Waals surface area contributed by atoms with Gasteiger partial charge >= 0.3 is 11.9 Å². The number of unbranched alkanes of at least 4 members (excludes halogenated alkanes) is 1. The Balaban J connectivity index is 1.13. The molecule has 4 aromatic carbocycles. The molecule has 0 amide bonds. The van der Waals surface area contributed by atoms with E-state index in [9.17, 15) is 9.59 Å². The Labute approximate surface area is 583 Å². The van der Waals surface area contributed by atoms with Crippen LogP contribution in [0.4, 0.5) is 0 Å². The van der Waals surface area contributed by atoms with Crippen LogP contribution in [0.2, 0.25) is 23.2 Å². The molecule has 4 aromatic rings. The number of allylic oxidation sites excluding steroid dienone is 3. The van der Waals surface area contributed by atoms with Gasteiger partial charge in [-0.3, -0.25) is 0 Å². The summed E-state index contributed by atoms with van der Waals surface area (Å²) >= 11 is 0. The molecule has 10 atom stereocenters. The number of esters is 2. The van der Waals surface area contributed by atoms with Crippen LogP contribution >= 0.6 is 0 Å². The van der Waals surface area contributed by atoms with Crippen LogP contribution in [0.15, 0.2) is 188 Å². The molecule has 0 aromatic heterocycles. The van der Waals surface area contributed by atoms with E-state index >= 15 is 0 Å². The Morgan fingerprint density at radius 2 is 1.30 bits per heavy atom. The van der Waals surface area contributed by atoms with Gasteiger partial charge in [0.2, 0.25) is 5.79 Å². The van der Waals surface area contributed by atoms with Crippen LogP contribution in [0.1, 0.15) is 151 Å². The van der Waals surface area contributed by atoms with E-state index in [1.165, 1.54) is 29.6 Å². The van der Waals surface area contributed by atoms with Crippen molar-refractivity contribution in [1.29, 1.82) is 0 Å². The highest BCUT2D eigenvalue weighted by molar-refractivity contribution is 6.99. The van der Waals surface area contributed by atoms with Crippen molar-refractivity contribution in [2.45, 2.75) is 237 Å². The fourth-order valence-electron chi connectivity index (χ4n) is 13.3. The van der Waals surface area contributed by atoms with E-state index in [0.717, 1.165) is 47.3 Å². The Hall–Kier alpha value is -5.87. The standard InChI is InChI=1S/C81H114O14Si2/c1-18-19-20-21-31-38-75(82)93-77-64(52-76(83)85-14)51-71(55-74(95-96(16,17)78(5,6)7)61(4)89-58-87-56-62-32-25-22-26-33-62)94-81(77,86-15)80(11,12)45-43-67-47-59(2)48-69(91-67)54-70-50-60(3)49-68(92-70)53-66(88-57-63-39-41-65(84-13)42-40-63)44-46-90-97(79(8,9)10,72-34-27-23-28-35-72)73-36-29-24-30-37-73/h20-43,45,52,61,66-71,74,77H,2-3,18-19,44,46-51,53-58H2,1,4-17H3/b21-20+,38-31+,45-43+,64-52+/t61-,66+,67+,68+,69+,70-,71+,74-,77+,81-/m1/s1. The van der Waals surface area contributed by atoms with Gasteiger partial charge < -0.3 is 56.2 Å². The third-order valence-corrected chi connectivity index (χ3v) is 29.1. The number of methoxy groups -OCH3 is 3. The highest BCUT2D eigenvalue weighted by atomic mass is 28.4. The van der Waals surface area contributed by atoms with Crippen molar-refractivity contribution in [3.05, 3.63) is 199 Å². The topological polar surface area (TPSA) is 145 Å². The van der Waals surface area contributed by atoms with E-state index in [2.05, 4.69) is 148 Å². The predicted octanol–water partition coefficient (Wildman–Crippen LogP) is 16.5. The molecule has 3 aliphatic heterocycles. The predicted molar refractivity (Wildman–Crippen MR) is 392 cm³/mol. The number of benzene rings is 4. The minimum absolute atomic E-state index is 0.0379. The molecule has 0 spiro atoms. The molecule has 14 nitrogen and oxygen atoms in total. The Bertz CT molecular complexity index is 3180. The van der Waals surface area contributed by atoms with Gasteiger partial charge in [0.15, 0.2) is 14.4 Å². The first-order valence-electron chi connectivity index (χ1n) is 34.9. The van der Waals surface area contributed by atoms with Crippen LogP contribution in [0, 0.1) is 5.41 Å². The first kappa shape index (κ1) is 78.5. The fourth-order valence-corrected chi connectivity index (χ4v) is 19.3. The molecule has 7 rings (SSSR count). The molecule has 0 aliphatic carbocycles. The zero-order valence-corrected chi connectivity index (χ0v) is 62.9. The molecule has 0 unspecified atom stereocenters. The maximum absolute atomic E-state index is 14.1. The second kappa shape index (κ2) is 36.5. The number of ether oxygens (including phenoxy) is 10. The molecule has 0 saturated carbocycles. The van der Waals surface area contributed by atoms with Crippen LogP contribution in [0.25, 0.3) is 0 Å². The van der Waals surface area contributed by atoms with E-state index in [1.807, 2.05) is 87.5 Å². The van der Waals surface area contributed by atoms with Gasteiger partial charge in [-0.1, -0.05) is 227 Å². The first-order valence-corrected chi connectivity index (χ1v) is 39.8. The minimum Gasteiger partial charge on any atom is -0.497 e. The van der Waals surface area contributed by atoms with Crippen LogP contribution in [0.3, 0.4) is 0 Å². The molecule has 97 heavy (non-hydrogen) atoms. The summed E-state index contributed by atoms with van der Waals surface area (Å²) in [5, 5.41) is 2.15. The summed E-state index contributed by atoms with van der Waals surface area (Å²) in [5.41, 5.74) is 3.66. The smallest absolute Gasteiger partial charge is 0.331 e. The van der Waals surface area contributed by atoms with Gasteiger partial charge in [0.1, 0.15) is 12.5 Å². The van der Waals surface area contributed by atoms with E-state index in [-0.39, 0.29) is 53.8 Å². The SMILES string of the molecule is C=C1C[C@H](C[C@@H]2CC(=C)C[C@H](/C=C/C(C)(C)[C@]3(OC)O[C@H](C[C@@H](O[Si](C)(C)C(C)(C)C)[C@@H](C)OCOCc4ccccc4)C/C(=C\C(=O)OC)[C@@H]3OC(=O)/C=C/C=C/CCC)O2)O[C@H](C[C@H](CCO[Si](c2ccccc2)(c2ccccc2)C(C)(C)C)OCc2ccc(OC)cc2)C1. The zero-order valence-electron chi connectivity index (χ0n) is 60.9. The van der Waals surface area contributed by atoms with Crippen LogP contribution < -0.4 is 15.1 Å². The lowest BCUT2D eigenvalue weighted by atomic mass is 9.73. The first-order chi connectivity index (χ1) is 46.1. The van der Waals surface area contributed by atoms with Gasteiger partial charge in [0.25, 0.3) is 8.32 Å². The zero-order chi connectivity index (χ0) is 70.4. The maximum atomic E-state index is 14.1. The van der Waals surface area contributed by atoms with Gasteiger partial charge in [0, 0.05) is 50.5 Å². The van der Waals surface area contributed by atoms with Crippen LogP contribution in [-0.4, -0.2) is 124 Å². The lowest BCUT2D eigenvalue weighted by Crippen LogP contribution is -2.66. The van der Waals surface area contributed by atoms with Crippen molar-refractivity contribution < 1.29 is 65.8 Å². The van der Waals surface area contributed by atoms with Gasteiger partial charge in [0.05, 0.1) is 76.3 Å². The second-order valence-electron chi connectivity index (χ2n) is 29.6. The third kappa shape index (κ3) is 22.1. The summed E-state index contributed by atoms with van der Waals surface area (Å²) in [6.07, 6.45) is 15.4. The lowest BCUT2D eigenvalue weighted by molar-refractivity contribution is -0.338. The van der Waals surface area contributed by atoms with Gasteiger partial charge in [-0.15, -0.1) is 0 Å². The normalized spacial score (nSPS) is 23.1. The van der Waals surface area contributed by atoms with E-state index in [4.69, 9.17) is 56.2 Å². The average Bonchev–Trinajstić information content (AvgIpc) is 0.745. The highest BCUT2D eigenvalue weighted by Gasteiger charge is 2.60. The molecular formula is C81H114O14Si2. The summed E-state index contributed by atoms with van der Waals surface area (Å²) < 4.78 is 79.6. The largest absolute Gasteiger partial charge is 0.497 e. The Kier molecular flexibility index (Phi) is 29.5. The molecule has 3 heterocycles. The summed E-state index contributed by atoms with van der Waals surface area (Å²) in [5.74, 6) is -2.18. The molecule has 0 bridgehead atoms. The van der Waals surface area contributed by atoms with Crippen LogP contribution in [0.5, 0.6) is 5.75 Å². The van der Waals surface area contributed by atoms with Crippen molar-refractivity contribution in [3.8, 4) is 5.75 Å². The van der Waals surface area contributed by atoms with E-state index in [0.29, 0.717) is 70.3 Å². The number of rotatable bonds is 34. The molecule has 530 valence electrons. The fraction of sp³-hybridized carbons (Fsp3) is 0.531. The van der Waals surface area contributed by atoms with Crippen molar-refractivity contribution in [1.82, 2.24) is 0 Å². The molecule has 3 saturated heterocycles. The Morgan fingerprint density at radius 1 is 0.691 bits per heavy atom. The van der Waals surface area contributed by atoms with Crippen molar-refractivity contribution >= 4 is 38.9 Å². The number of carbonyl (C=O) groups excluding carboxylic acids is 2. The van der Waals surface area contributed by atoms with Crippen molar-refractivity contribution in [2.24, 2.45) is 5.41 Å². The molecule has 3 aliphatic rings. The summed E-state index contributed by atoms with van der Waals surface area (Å²) in [6, 6.07) is 39.5. The summed E-state index contributed by atoms with van der Waals surface area (Å²) in [7, 11) is -0.724. The molecule has 0 N–H and O–H groups in total. The molecule has 16 heteroatoms. The van der Waals surface area contributed by atoms with E-state index < -0.39 is 64.2 Å². The average molecular weight is 1370 g/mol. The highest BCUT2D eigenvalue weighted by Crippen LogP contribution is 2.50. The van der Waals surface area contributed by atoms with Gasteiger partial charge in [-0.2, -0.15) is 0 Å². The van der Waals surface area contributed by atoms with Gasteiger partial charge in [-0.25, -0.2) is 9.59 Å². The van der Waals surface area contributed by atoms with Crippen molar-refractivity contribution in [3.63, 3.8) is 0 Å². The quantitative estimate of drug-likeness (QED) is 0.00832. The number of hydrogen-bond acceptors (Lipinski definition) is 14. The third-order valence-electron chi connectivity index (χ3n) is 19.5. The summed E-state index contributed by atoms with van der Waals surface area (Å²) in [6.45, 7) is 36.5. The second-order valence-corrected chi connectivity index (χ2v) is 38.6. The van der Waals surface area contributed by atoms with E-state index in [1.54, 1.807) is 20.3 Å². The monoisotopic (exact) mass is 1370 g/mol. The lowest BCUT2D eigenvalue weighted by Gasteiger charge is -2.53. The number of hydrogen-bond donors (Lipinski definition) is 0. The molecular weight excluding hydrogens is 1250 g/mol. The molecule has 3 fully saturated rings. The van der Waals surface area contributed by atoms with Crippen molar-refractivity contribution in [2.75, 3.05) is 34.7 Å². The maximum Gasteiger partial charge on any atom is 0.331 e. The van der Waals surface area contributed by atoms with Crippen LogP contribution in [-0.2, 0) is 74.3 Å². The summed E-state index contributed by atoms with van der Waals surface area (Å²) in [4.78, 5) is 27.6. The minimum atomic E-state index is -2.82.